The van der Waals surface area contributed by atoms with Crippen LogP contribution < -0.4 is 10.1 Å². The summed E-state index contributed by atoms with van der Waals surface area (Å²) in [7, 11) is 1.85. The number of nitrogens with zero attached hydrogens (tertiary/aromatic N) is 2. The van der Waals surface area contributed by atoms with Crippen LogP contribution in [0.3, 0.4) is 0 Å². The predicted octanol–water partition coefficient (Wildman–Crippen LogP) is 3.62. The minimum absolute atomic E-state index is 0.00719. The van der Waals surface area contributed by atoms with E-state index in [1.165, 1.54) is 6.07 Å². The highest BCUT2D eigenvalue weighted by atomic mass is 19.1. The molecule has 4 rings (SSSR count). The van der Waals surface area contributed by atoms with Crippen molar-refractivity contribution in [2.45, 2.75) is 44.7 Å². The van der Waals surface area contributed by atoms with Crippen molar-refractivity contribution in [3.63, 3.8) is 0 Å². The number of ether oxygens (including phenoxy) is 1. The number of pyridine rings is 1. The summed E-state index contributed by atoms with van der Waals surface area (Å²) >= 11 is 0. The lowest BCUT2D eigenvalue weighted by Gasteiger charge is -2.23. The Morgan fingerprint density at radius 2 is 2.14 bits per heavy atom. The Morgan fingerprint density at radius 3 is 2.86 bits per heavy atom. The van der Waals surface area contributed by atoms with Gasteiger partial charge in [0, 0.05) is 24.8 Å². The molecule has 148 valence electrons. The fourth-order valence-corrected chi connectivity index (χ4v) is 4.40. The molecule has 6 heteroatoms. The molecule has 0 unspecified atom stereocenters. The summed E-state index contributed by atoms with van der Waals surface area (Å²) in [6, 6.07) is 8.62. The number of carbonyl (C=O) groups is 1. The Kier molecular flexibility index (Phi) is 4.83. The van der Waals surface area contributed by atoms with Crippen molar-refractivity contribution >= 4 is 5.91 Å². The van der Waals surface area contributed by atoms with E-state index >= 15 is 0 Å². The van der Waals surface area contributed by atoms with Crippen LogP contribution in [0.4, 0.5) is 4.39 Å². The molecule has 1 aromatic carbocycles. The molecule has 1 N–H and O–H groups in total. The predicted molar refractivity (Wildman–Crippen MR) is 106 cm³/mol. The smallest absolute Gasteiger partial charge is 0.242 e. The molecule has 0 saturated carbocycles. The van der Waals surface area contributed by atoms with Crippen LogP contribution >= 0.6 is 0 Å². The molecule has 1 aromatic heterocycles. The fraction of sp³-hybridized carbons (Fsp3) is 0.455. The van der Waals surface area contributed by atoms with Crippen LogP contribution in [-0.4, -0.2) is 41.5 Å². The lowest BCUT2D eigenvalue weighted by Crippen LogP contribution is -2.47. The molecule has 0 aliphatic carbocycles. The molecule has 0 bridgehead atoms. The molecule has 1 amide bonds. The molecule has 2 aromatic rings. The number of amides is 1. The van der Waals surface area contributed by atoms with Gasteiger partial charge in [-0.3, -0.25) is 15.1 Å². The number of likely N-dealkylation sites (tertiary alicyclic amines) is 1. The van der Waals surface area contributed by atoms with Crippen molar-refractivity contribution in [1.29, 1.82) is 0 Å². The number of hydrogen-bond donors (Lipinski definition) is 1. The van der Waals surface area contributed by atoms with Gasteiger partial charge in [0.2, 0.25) is 5.91 Å². The van der Waals surface area contributed by atoms with Crippen molar-refractivity contribution in [3.05, 3.63) is 47.5 Å². The van der Waals surface area contributed by atoms with Crippen molar-refractivity contribution in [2.24, 2.45) is 0 Å². The second kappa shape index (κ2) is 7.17. The number of likely N-dealkylation sites (N-methyl/N-ethyl adjacent to an activating group) is 1. The maximum atomic E-state index is 14.5. The van der Waals surface area contributed by atoms with E-state index in [0.29, 0.717) is 17.9 Å². The van der Waals surface area contributed by atoms with Gasteiger partial charge in [0.25, 0.3) is 0 Å². The highest BCUT2D eigenvalue weighted by Crippen LogP contribution is 2.39. The normalized spacial score (nSPS) is 24.4. The molecular weight excluding hydrogens is 357 g/mol. The number of benzene rings is 1. The molecule has 0 radical (unpaired) electrons. The lowest BCUT2D eigenvalue weighted by atomic mass is 9.96. The molecule has 3 heterocycles. The molecule has 2 aliphatic heterocycles. The van der Waals surface area contributed by atoms with Crippen LogP contribution in [0.5, 0.6) is 5.75 Å². The standard InChI is InChI=1S/C22H26FN3O2/c1-4-28-16-5-6-18(23)17(13-16)15-11-14(2)24-20(12-15)19-7-8-22(25-19)9-10-26(3)21(22)27/h5-6,11-13,19,25H,4,7-10H2,1-3H3/t19-,22+/m0/s1. The average Bonchev–Trinajstić information content (AvgIpc) is 3.23. The van der Waals surface area contributed by atoms with Crippen LogP contribution in [0.1, 0.15) is 43.6 Å². The van der Waals surface area contributed by atoms with Crippen LogP contribution in [0, 0.1) is 12.7 Å². The summed E-state index contributed by atoms with van der Waals surface area (Å²) in [4.78, 5) is 19.1. The van der Waals surface area contributed by atoms with E-state index in [0.717, 1.165) is 42.8 Å². The minimum atomic E-state index is -0.467. The first-order chi connectivity index (χ1) is 13.4. The Morgan fingerprint density at radius 1 is 1.32 bits per heavy atom. The van der Waals surface area contributed by atoms with Crippen LogP contribution in [0.2, 0.25) is 0 Å². The second-order valence-corrected chi connectivity index (χ2v) is 7.79. The van der Waals surface area contributed by atoms with Crippen LogP contribution in [-0.2, 0) is 4.79 Å². The van der Waals surface area contributed by atoms with E-state index in [1.54, 1.807) is 17.0 Å². The first-order valence-corrected chi connectivity index (χ1v) is 9.86. The van der Waals surface area contributed by atoms with E-state index < -0.39 is 5.54 Å². The van der Waals surface area contributed by atoms with Crippen LogP contribution in [0.15, 0.2) is 30.3 Å². The van der Waals surface area contributed by atoms with Gasteiger partial charge in [0.1, 0.15) is 17.1 Å². The van der Waals surface area contributed by atoms with Gasteiger partial charge < -0.3 is 9.64 Å². The molecule has 1 spiro atoms. The summed E-state index contributed by atoms with van der Waals surface area (Å²) < 4.78 is 20.1. The van der Waals surface area contributed by atoms with E-state index in [-0.39, 0.29) is 17.8 Å². The topological polar surface area (TPSA) is 54.5 Å². The number of nitrogens with one attached hydrogen (secondary N) is 1. The van der Waals surface area contributed by atoms with E-state index in [9.17, 15) is 9.18 Å². The molecular formula is C22H26FN3O2. The zero-order valence-corrected chi connectivity index (χ0v) is 16.6. The van der Waals surface area contributed by atoms with E-state index in [1.807, 2.05) is 33.0 Å². The summed E-state index contributed by atoms with van der Waals surface area (Å²) in [6.45, 7) is 5.13. The number of carbonyl (C=O) groups excluding carboxylic acids is 1. The van der Waals surface area contributed by atoms with Gasteiger partial charge in [-0.1, -0.05) is 0 Å². The molecule has 2 aliphatic rings. The molecule has 5 nitrogen and oxygen atoms in total. The van der Waals surface area contributed by atoms with Gasteiger partial charge in [0.15, 0.2) is 0 Å². The maximum absolute atomic E-state index is 14.5. The minimum Gasteiger partial charge on any atom is -0.494 e. The first kappa shape index (κ1) is 18.9. The zero-order valence-electron chi connectivity index (χ0n) is 16.6. The van der Waals surface area contributed by atoms with E-state index in [4.69, 9.17) is 4.74 Å². The van der Waals surface area contributed by atoms with Gasteiger partial charge >= 0.3 is 0 Å². The van der Waals surface area contributed by atoms with Crippen molar-refractivity contribution in [3.8, 4) is 16.9 Å². The van der Waals surface area contributed by atoms with Crippen molar-refractivity contribution in [2.75, 3.05) is 20.2 Å². The Balaban J connectivity index is 1.66. The third-order valence-corrected chi connectivity index (χ3v) is 5.83. The fourth-order valence-electron chi connectivity index (χ4n) is 4.40. The third kappa shape index (κ3) is 3.26. The highest BCUT2D eigenvalue weighted by molar-refractivity contribution is 5.88. The number of rotatable bonds is 4. The Labute approximate surface area is 164 Å². The van der Waals surface area contributed by atoms with Crippen LogP contribution in [0.25, 0.3) is 11.1 Å². The Hall–Kier alpha value is -2.47. The molecule has 2 atom stereocenters. The molecule has 2 saturated heterocycles. The lowest BCUT2D eigenvalue weighted by molar-refractivity contribution is -0.131. The summed E-state index contributed by atoms with van der Waals surface area (Å²) in [5.74, 6) is 0.522. The average molecular weight is 383 g/mol. The van der Waals surface area contributed by atoms with E-state index in [2.05, 4.69) is 10.3 Å². The summed E-state index contributed by atoms with van der Waals surface area (Å²) in [5, 5.41) is 3.54. The van der Waals surface area contributed by atoms with Gasteiger partial charge in [0.05, 0.1) is 18.3 Å². The highest BCUT2D eigenvalue weighted by Gasteiger charge is 2.50. The molecule has 2 fully saturated rings. The van der Waals surface area contributed by atoms with Gasteiger partial charge in [-0.2, -0.15) is 0 Å². The second-order valence-electron chi connectivity index (χ2n) is 7.79. The maximum Gasteiger partial charge on any atom is 0.242 e. The first-order valence-electron chi connectivity index (χ1n) is 9.86. The number of hydrogen-bond acceptors (Lipinski definition) is 4. The van der Waals surface area contributed by atoms with Gasteiger partial charge in [-0.25, -0.2) is 4.39 Å². The monoisotopic (exact) mass is 383 g/mol. The number of aromatic nitrogens is 1. The Bertz CT molecular complexity index is 917. The van der Waals surface area contributed by atoms with Gasteiger partial charge in [-0.15, -0.1) is 0 Å². The van der Waals surface area contributed by atoms with Crippen molar-refractivity contribution in [1.82, 2.24) is 15.2 Å². The SMILES string of the molecule is CCOc1ccc(F)c(-c2cc(C)nc([C@@H]3CC[C@]4(CCN(C)C4=O)N3)c2)c1. The number of aryl methyl sites for hydroxylation is 1. The number of halogens is 1. The van der Waals surface area contributed by atoms with Crippen molar-refractivity contribution < 1.29 is 13.9 Å². The quantitative estimate of drug-likeness (QED) is 0.876. The third-order valence-electron chi connectivity index (χ3n) is 5.83. The summed E-state index contributed by atoms with van der Waals surface area (Å²) in [5.41, 5.74) is 2.49. The molecule has 28 heavy (non-hydrogen) atoms. The zero-order chi connectivity index (χ0) is 19.9. The largest absolute Gasteiger partial charge is 0.494 e. The van der Waals surface area contributed by atoms with Gasteiger partial charge in [-0.05, 0) is 69.0 Å². The summed E-state index contributed by atoms with van der Waals surface area (Å²) in [6.07, 6.45) is 2.47.